The monoisotopic (exact) mass is 459 g/mol. The molecule has 27 heavy (non-hydrogen) atoms. The first-order valence-corrected chi connectivity index (χ1v) is 7.56. The van der Waals surface area contributed by atoms with Crippen molar-refractivity contribution in [1.82, 2.24) is 19.3 Å². The number of nitrogens with zero attached hydrogens (tertiary/aromatic N) is 4. The largest absolute Gasteiger partial charge is 0.490 e. The van der Waals surface area contributed by atoms with Gasteiger partial charge >= 0.3 is 17.8 Å². The first-order chi connectivity index (χ1) is 12.5. The highest BCUT2D eigenvalue weighted by molar-refractivity contribution is 9.10. The second-order valence-electron chi connectivity index (χ2n) is 4.65. The van der Waals surface area contributed by atoms with E-state index in [-0.39, 0.29) is 18.7 Å². The van der Waals surface area contributed by atoms with Crippen LogP contribution in [0.1, 0.15) is 0 Å². The zero-order valence-electron chi connectivity index (χ0n) is 13.1. The van der Waals surface area contributed by atoms with Gasteiger partial charge in [-0.1, -0.05) is 0 Å². The van der Waals surface area contributed by atoms with Crippen LogP contribution in [0.25, 0.3) is 5.69 Å². The molecule has 0 aliphatic heterocycles. The standard InChI is InChI=1S/C11H10BrF2N5O.C2HF3O2/c12-9-3-8(1-2-16-9)18-6-17-19(11(18)20)5-7(4-15)10(13)14;3-2(4,5)1(6)7/h1-3,6H,4-5,15H2;(H,6,7). The van der Waals surface area contributed by atoms with Crippen molar-refractivity contribution in [1.29, 1.82) is 0 Å². The van der Waals surface area contributed by atoms with Gasteiger partial charge in [-0.25, -0.2) is 23.8 Å². The van der Waals surface area contributed by atoms with Gasteiger partial charge in [-0.2, -0.15) is 27.1 Å². The lowest BCUT2D eigenvalue weighted by Crippen LogP contribution is -2.26. The third-order valence-electron chi connectivity index (χ3n) is 2.82. The van der Waals surface area contributed by atoms with Gasteiger partial charge in [-0.3, -0.25) is 0 Å². The van der Waals surface area contributed by atoms with Crippen LogP contribution >= 0.6 is 15.9 Å². The number of carboxylic acid groups (broad SMARTS) is 1. The Morgan fingerprint density at radius 1 is 1.33 bits per heavy atom. The van der Waals surface area contributed by atoms with E-state index in [9.17, 15) is 26.7 Å². The minimum absolute atomic E-state index is 0.326. The lowest BCUT2D eigenvalue weighted by molar-refractivity contribution is -0.192. The Bertz CT molecular complexity index is 889. The second kappa shape index (κ2) is 9.36. The van der Waals surface area contributed by atoms with E-state index in [1.54, 1.807) is 12.1 Å². The molecule has 2 aromatic rings. The molecule has 14 heteroatoms. The predicted octanol–water partition coefficient (Wildman–Crippen LogP) is 1.93. The predicted molar refractivity (Wildman–Crippen MR) is 85.3 cm³/mol. The molecular weight excluding hydrogens is 449 g/mol. The Hall–Kier alpha value is -2.61. The van der Waals surface area contributed by atoms with Crippen molar-refractivity contribution in [2.75, 3.05) is 6.54 Å². The van der Waals surface area contributed by atoms with Crippen molar-refractivity contribution >= 4 is 21.9 Å². The molecule has 0 aliphatic rings. The first kappa shape index (κ1) is 22.4. The van der Waals surface area contributed by atoms with E-state index >= 15 is 0 Å². The van der Waals surface area contributed by atoms with Gasteiger partial charge < -0.3 is 10.8 Å². The SMILES string of the molecule is NCC(Cn1ncn(-c2ccnc(Br)c2)c1=O)=C(F)F.O=C(O)C(F)(F)F. The number of nitrogens with two attached hydrogens (primary N) is 1. The molecule has 0 radical (unpaired) electrons. The quantitative estimate of drug-likeness (QED) is 0.533. The summed E-state index contributed by atoms with van der Waals surface area (Å²) >= 11 is 3.18. The maximum Gasteiger partial charge on any atom is 0.490 e. The number of alkyl halides is 3. The van der Waals surface area contributed by atoms with Gasteiger partial charge in [0.15, 0.2) is 0 Å². The van der Waals surface area contributed by atoms with Crippen LogP contribution in [0.4, 0.5) is 22.0 Å². The number of rotatable bonds is 4. The summed E-state index contributed by atoms with van der Waals surface area (Å²) in [5.74, 6) is -2.76. The summed E-state index contributed by atoms with van der Waals surface area (Å²) in [6.07, 6.45) is -4.20. The molecule has 0 aliphatic carbocycles. The molecule has 0 unspecified atom stereocenters. The van der Waals surface area contributed by atoms with Gasteiger partial charge in [0.05, 0.1) is 12.2 Å². The van der Waals surface area contributed by atoms with E-state index in [0.717, 1.165) is 4.68 Å². The first-order valence-electron chi connectivity index (χ1n) is 6.77. The van der Waals surface area contributed by atoms with Crippen molar-refractivity contribution in [3.8, 4) is 5.69 Å². The fourth-order valence-electron chi connectivity index (χ4n) is 1.55. The maximum atomic E-state index is 12.5. The Morgan fingerprint density at radius 2 is 1.93 bits per heavy atom. The van der Waals surface area contributed by atoms with Gasteiger partial charge in [-0.05, 0) is 28.1 Å². The maximum absolute atomic E-state index is 12.5. The van der Waals surface area contributed by atoms with E-state index in [2.05, 4.69) is 26.0 Å². The van der Waals surface area contributed by atoms with Crippen molar-refractivity contribution in [2.45, 2.75) is 12.7 Å². The topological polar surface area (TPSA) is 116 Å². The summed E-state index contributed by atoms with van der Waals surface area (Å²) in [6, 6.07) is 3.22. The van der Waals surface area contributed by atoms with Crippen molar-refractivity contribution < 1.29 is 31.9 Å². The zero-order chi connectivity index (χ0) is 20.8. The highest BCUT2D eigenvalue weighted by Crippen LogP contribution is 2.13. The molecule has 3 N–H and O–H groups in total. The minimum Gasteiger partial charge on any atom is -0.475 e. The van der Waals surface area contributed by atoms with Gasteiger partial charge in [0.1, 0.15) is 10.9 Å². The third kappa shape index (κ3) is 6.56. The lowest BCUT2D eigenvalue weighted by atomic mass is 10.3. The number of hydrogen-bond donors (Lipinski definition) is 2. The van der Waals surface area contributed by atoms with E-state index in [0.29, 0.717) is 10.3 Å². The Labute approximate surface area is 155 Å². The van der Waals surface area contributed by atoms with Crippen LogP contribution in [0.3, 0.4) is 0 Å². The zero-order valence-corrected chi connectivity index (χ0v) is 14.7. The molecule has 0 saturated carbocycles. The Morgan fingerprint density at radius 3 is 2.37 bits per heavy atom. The van der Waals surface area contributed by atoms with Crippen LogP contribution in [0.5, 0.6) is 0 Å². The molecule has 148 valence electrons. The molecule has 8 nitrogen and oxygen atoms in total. The molecule has 0 amide bonds. The average Bonchev–Trinajstić information content (AvgIpc) is 2.92. The van der Waals surface area contributed by atoms with Crippen molar-refractivity contribution in [2.24, 2.45) is 5.73 Å². The fraction of sp³-hybridized carbons (Fsp3) is 0.231. The molecule has 0 spiro atoms. The number of pyridine rings is 1. The average molecular weight is 460 g/mol. The van der Waals surface area contributed by atoms with Crippen LogP contribution < -0.4 is 11.4 Å². The molecule has 2 heterocycles. The molecule has 2 rings (SSSR count). The van der Waals surface area contributed by atoms with E-state index in [1.807, 2.05) is 0 Å². The van der Waals surface area contributed by atoms with Gasteiger partial charge in [-0.15, -0.1) is 0 Å². The number of carbonyl (C=O) groups is 1. The van der Waals surface area contributed by atoms with Crippen LogP contribution in [0, 0.1) is 0 Å². The van der Waals surface area contributed by atoms with Crippen LogP contribution in [-0.4, -0.2) is 43.1 Å². The van der Waals surface area contributed by atoms with Crippen molar-refractivity contribution in [3.05, 3.63) is 51.4 Å². The van der Waals surface area contributed by atoms with Crippen molar-refractivity contribution in [3.63, 3.8) is 0 Å². The Kier molecular flexibility index (Phi) is 7.78. The summed E-state index contributed by atoms with van der Waals surface area (Å²) in [6.45, 7) is -0.667. The third-order valence-corrected chi connectivity index (χ3v) is 3.25. The number of aliphatic carboxylic acids is 1. The number of halogens is 6. The fourth-order valence-corrected chi connectivity index (χ4v) is 1.90. The highest BCUT2D eigenvalue weighted by atomic mass is 79.9. The van der Waals surface area contributed by atoms with Crippen LogP contribution in [-0.2, 0) is 11.3 Å². The number of aromatic nitrogens is 4. The van der Waals surface area contributed by atoms with E-state index < -0.39 is 23.9 Å². The van der Waals surface area contributed by atoms with Gasteiger partial charge in [0, 0.05) is 18.3 Å². The second-order valence-corrected chi connectivity index (χ2v) is 5.46. The molecule has 0 bridgehead atoms. The van der Waals surface area contributed by atoms with E-state index in [1.165, 1.54) is 17.1 Å². The highest BCUT2D eigenvalue weighted by Gasteiger charge is 2.38. The van der Waals surface area contributed by atoms with Crippen LogP contribution in [0.2, 0.25) is 0 Å². The van der Waals surface area contributed by atoms with Gasteiger partial charge in [0.25, 0.3) is 6.08 Å². The number of carboxylic acids is 1. The summed E-state index contributed by atoms with van der Waals surface area (Å²) in [7, 11) is 0. The van der Waals surface area contributed by atoms with Crippen LogP contribution in [0.15, 0.2) is 45.7 Å². The molecule has 0 aromatic carbocycles. The molecule has 0 fully saturated rings. The smallest absolute Gasteiger partial charge is 0.475 e. The van der Waals surface area contributed by atoms with Gasteiger partial charge in [0.2, 0.25) is 0 Å². The molecule has 0 atom stereocenters. The normalized spacial score (nSPS) is 10.8. The Balaban J connectivity index is 0.000000445. The summed E-state index contributed by atoms with van der Waals surface area (Å²) < 4.78 is 59.5. The van der Waals surface area contributed by atoms with E-state index in [4.69, 9.17) is 15.6 Å². The molecule has 2 aromatic heterocycles. The minimum atomic E-state index is -5.08. The molecular formula is C13H11BrF5N5O3. The number of hydrogen-bond acceptors (Lipinski definition) is 5. The summed E-state index contributed by atoms with van der Waals surface area (Å²) in [5.41, 5.74) is 4.88. The summed E-state index contributed by atoms with van der Waals surface area (Å²) in [5, 5.41) is 10.9. The molecule has 0 saturated heterocycles. The lowest BCUT2D eigenvalue weighted by Gasteiger charge is -2.02. The summed E-state index contributed by atoms with van der Waals surface area (Å²) in [4.78, 5) is 24.9.